The number of aliphatic carboxylic acids is 1. The predicted molar refractivity (Wildman–Crippen MR) is 63.3 cm³/mol. The first kappa shape index (κ1) is 13.1. The van der Waals surface area contributed by atoms with Gasteiger partial charge in [0, 0.05) is 0 Å². The van der Waals surface area contributed by atoms with E-state index in [0.717, 1.165) is 0 Å². The SMILES string of the molecule is CC(C)C(C(=O)O)c1cc(Cl)c(O)c(Cl)c1. The van der Waals surface area contributed by atoms with E-state index >= 15 is 0 Å². The van der Waals surface area contributed by atoms with Crippen LogP contribution in [0.4, 0.5) is 0 Å². The van der Waals surface area contributed by atoms with Gasteiger partial charge in [0.05, 0.1) is 16.0 Å². The van der Waals surface area contributed by atoms with Crippen LogP contribution in [0.2, 0.25) is 10.0 Å². The number of hydrogen-bond donors (Lipinski definition) is 2. The summed E-state index contributed by atoms with van der Waals surface area (Å²) in [6, 6.07) is 2.86. The lowest BCUT2D eigenvalue weighted by Crippen LogP contribution is -2.17. The number of phenolic OH excluding ortho intramolecular Hbond substituents is 1. The highest BCUT2D eigenvalue weighted by Crippen LogP contribution is 2.36. The van der Waals surface area contributed by atoms with Crippen LogP contribution in [0.1, 0.15) is 25.3 Å². The minimum Gasteiger partial charge on any atom is -0.505 e. The molecule has 5 heteroatoms. The molecule has 0 aliphatic heterocycles. The van der Waals surface area contributed by atoms with Crippen molar-refractivity contribution in [2.75, 3.05) is 0 Å². The van der Waals surface area contributed by atoms with E-state index in [0.29, 0.717) is 5.56 Å². The van der Waals surface area contributed by atoms with Gasteiger partial charge in [0.2, 0.25) is 0 Å². The average molecular weight is 263 g/mol. The van der Waals surface area contributed by atoms with Crippen LogP contribution in [-0.4, -0.2) is 16.2 Å². The maximum Gasteiger partial charge on any atom is 0.311 e. The van der Waals surface area contributed by atoms with E-state index in [2.05, 4.69) is 0 Å². The van der Waals surface area contributed by atoms with Crippen molar-refractivity contribution in [1.82, 2.24) is 0 Å². The molecule has 0 radical (unpaired) electrons. The summed E-state index contributed by atoms with van der Waals surface area (Å²) in [5, 5.41) is 18.6. The molecule has 2 N–H and O–H groups in total. The maximum absolute atomic E-state index is 11.1. The lowest BCUT2D eigenvalue weighted by molar-refractivity contribution is -0.139. The summed E-state index contributed by atoms with van der Waals surface area (Å²) in [5.41, 5.74) is 0.496. The molecule has 0 amide bonds. The average Bonchev–Trinajstić information content (AvgIpc) is 2.12. The Hall–Kier alpha value is -0.930. The van der Waals surface area contributed by atoms with Crippen LogP contribution in [0.15, 0.2) is 12.1 Å². The number of phenols is 1. The van der Waals surface area contributed by atoms with E-state index in [1.54, 1.807) is 13.8 Å². The fourth-order valence-corrected chi connectivity index (χ4v) is 2.08. The van der Waals surface area contributed by atoms with Crippen molar-refractivity contribution in [2.45, 2.75) is 19.8 Å². The third-order valence-electron chi connectivity index (χ3n) is 2.33. The van der Waals surface area contributed by atoms with E-state index in [4.69, 9.17) is 28.3 Å². The summed E-state index contributed by atoms with van der Waals surface area (Å²) in [5.74, 6) is -1.93. The molecule has 0 aromatic heterocycles. The van der Waals surface area contributed by atoms with Crippen LogP contribution in [-0.2, 0) is 4.79 Å². The predicted octanol–water partition coefficient (Wildman–Crippen LogP) is 3.52. The second-order valence-electron chi connectivity index (χ2n) is 3.89. The highest BCUT2D eigenvalue weighted by atomic mass is 35.5. The Morgan fingerprint density at radius 2 is 1.69 bits per heavy atom. The van der Waals surface area contributed by atoms with Crippen LogP contribution in [0.25, 0.3) is 0 Å². The highest BCUT2D eigenvalue weighted by Gasteiger charge is 2.25. The van der Waals surface area contributed by atoms with E-state index in [1.165, 1.54) is 12.1 Å². The smallest absolute Gasteiger partial charge is 0.311 e. The molecule has 0 bridgehead atoms. The summed E-state index contributed by atoms with van der Waals surface area (Å²) in [4.78, 5) is 11.1. The number of benzene rings is 1. The first-order valence-electron chi connectivity index (χ1n) is 4.75. The minimum absolute atomic E-state index is 0.0643. The van der Waals surface area contributed by atoms with Crippen molar-refractivity contribution in [3.05, 3.63) is 27.7 Å². The summed E-state index contributed by atoms with van der Waals surface area (Å²) in [7, 11) is 0. The van der Waals surface area contributed by atoms with Crippen molar-refractivity contribution in [1.29, 1.82) is 0 Å². The second-order valence-corrected chi connectivity index (χ2v) is 4.71. The molecular weight excluding hydrogens is 251 g/mol. The monoisotopic (exact) mass is 262 g/mol. The number of carboxylic acids is 1. The van der Waals surface area contributed by atoms with Gasteiger partial charge in [0.25, 0.3) is 0 Å². The van der Waals surface area contributed by atoms with Crippen LogP contribution >= 0.6 is 23.2 Å². The highest BCUT2D eigenvalue weighted by molar-refractivity contribution is 6.37. The standard InChI is InChI=1S/C11H12Cl2O3/c1-5(2)9(11(15)16)6-3-7(12)10(14)8(13)4-6/h3-5,9,14H,1-2H3,(H,15,16). The van der Waals surface area contributed by atoms with Gasteiger partial charge in [0.15, 0.2) is 5.75 Å². The fourth-order valence-electron chi connectivity index (χ4n) is 1.58. The van der Waals surface area contributed by atoms with Crippen molar-refractivity contribution >= 4 is 29.2 Å². The van der Waals surface area contributed by atoms with Gasteiger partial charge in [-0.1, -0.05) is 37.0 Å². The molecule has 0 saturated carbocycles. The Morgan fingerprint density at radius 1 is 1.25 bits per heavy atom. The Kier molecular flexibility index (Phi) is 4.05. The topological polar surface area (TPSA) is 57.5 Å². The Bertz CT molecular complexity index is 393. The van der Waals surface area contributed by atoms with Gasteiger partial charge in [0.1, 0.15) is 0 Å². The molecule has 1 rings (SSSR count). The third-order valence-corrected chi connectivity index (χ3v) is 2.91. The van der Waals surface area contributed by atoms with Crippen molar-refractivity contribution < 1.29 is 15.0 Å². The molecule has 1 aromatic carbocycles. The lowest BCUT2D eigenvalue weighted by atomic mass is 9.88. The molecule has 1 aromatic rings. The van der Waals surface area contributed by atoms with Crippen LogP contribution in [0.3, 0.4) is 0 Å². The van der Waals surface area contributed by atoms with Gasteiger partial charge in [-0.3, -0.25) is 4.79 Å². The van der Waals surface area contributed by atoms with Crippen molar-refractivity contribution in [3.63, 3.8) is 0 Å². The van der Waals surface area contributed by atoms with Gasteiger partial charge in [-0.25, -0.2) is 0 Å². The van der Waals surface area contributed by atoms with E-state index in [1.807, 2.05) is 0 Å². The zero-order valence-corrected chi connectivity index (χ0v) is 10.4. The second kappa shape index (κ2) is 4.93. The molecule has 0 saturated heterocycles. The summed E-state index contributed by atoms with van der Waals surface area (Å²) < 4.78 is 0. The number of hydrogen-bond acceptors (Lipinski definition) is 2. The molecule has 0 aliphatic carbocycles. The molecule has 0 spiro atoms. The molecule has 0 aliphatic rings. The van der Waals surface area contributed by atoms with Gasteiger partial charge >= 0.3 is 5.97 Å². The summed E-state index contributed by atoms with van der Waals surface area (Å²) >= 11 is 11.5. The largest absolute Gasteiger partial charge is 0.505 e. The van der Waals surface area contributed by atoms with Gasteiger partial charge in [-0.2, -0.15) is 0 Å². The molecular formula is C11H12Cl2O3. The van der Waals surface area contributed by atoms with E-state index in [-0.39, 0.29) is 21.7 Å². The van der Waals surface area contributed by atoms with Crippen LogP contribution in [0.5, 0.6) is 5.75 Å². The van der Waals surface area contributed by atoms with Crippen LogP contribution in [0, 0.1) is 5.92 Å². The number of carbonyl (C=O) groups is 1. The summed E-state index contributed by atoms with van der Waals surface area (Å²) in [6.45, 7) is 3.60. The summed E-state index contributed by atoms with van der Waals surface area (Å²) in [6.07, 6.45) is 0. The van der Waals surface area contributed by atoms with Crippen LogP contribution < -0.4 is 0 Å². The van der Waals surface area contributed by atoms with Crippen molar-refractivity contribution in [3.8, 4) is 5.75 Å². The molecule has 88 valence electrons. The first-order valence-corrected chi connectivity index (χ1v) is 5.51. The molecule has 0 heterocycles. The number of aromatic hydroxyl groups is 1. The zero-order chi connectivity index (χ0) is 12.5. The molecule has 3 nitrogen and oxygen atoms in total. The van der Waals surface area contributed by atoms with Gasteiger partial charge < -0.3 is 10.2 Å². The van der Waals surface area contributed by atoms with Gasteiger partial charge in [-0.05, 0) is 23.6 Å². The molecule has 1 atom stereocenters. The molecule has 16 heavy (non-hydrogen) atoms. The Balaban J connectivity index is 3.26. The maximum atomic E-state index is 11.1. The zero-order valence-electron chi connectivity index (χ0n) is 8.87. The number of carboxylic acid groups (broad SMARTS) is 1. The Morgan fingerprint density at radius 3 is 2.00 bits per heavy atom. The number of rotatable bonds is 3. The molecule has 0 fully saturated rings. The quantitative estimate of drug-likeness (QED) is 0.877. The third kappa shape index (κ3) is 2.60. The first-order chi connectivity index (χ1) is 7.34. The van der Waals surface area contributed by atoms with E-state index < -0.39 is 11.9 Å². The van der Waals surface area contributed by atoms with Gasteiger partial charge in [-0.15, -0.1) is 0 Å². The lowest BCUT2D eigenvalue weighted by Gasteiger charge is -2.17. The van der Waals surface area contributed by atoms with E-state index in [9.17, 15) is 9.90 Å². The fraction of sp³-hybridized carbons (Fsp3) is 0.364. The Labute approximate surface area is 104 Å². The number of halogens is 2. The normalized spacial score (nSPS) is 12.8. The minimum atomic E-state index is -0.937. The molecule has 1 unspecified atom stereocenters. The van der Waals surface area contributed by atoms with Crippen molar-refractivity contribution in [2.24, 2.45) is 5.92 Å².